The third kappa shape index (κ3) is 5.32. The molecule has 0 saturated heterocycles. The number of nitrogens with zero attached hydrogens (tertiary/aromatic N) is 2. The zero-order valence-corrected chi connectivity index (χ0v) is 15.8. The van der Waals surface area contributed by atoms with Crippen LogP contribution in [0.3, 0.4) is 0 Å². The van der Waals surface area contributed by atoms with Crippen molar-refractivity contribution in [3.8, 4) is 0 Å². The first-order chi connectivity index (χ1) is 10.1. The molecule has 0 aliphatic rings. The molecule has 22 heavy (non-hydrogen) atoms. The van der Waals surface area contributed by atoms with E-state index < -0.39 is 0 Å². The summed E-state index contributed by atoms with van der Waals surface area (Å²) in [6, 6.07) is 8.39. The molecular formula is C16H23IN4O. The van der Waals surface area contributed by atoms with Crippen molar-refractivity contribution in [1.29, 1.82) is 0 Å². The molecule has 0 unspecified atom stereocenters. The van der Waals surface area contributed by atoms with Gasteiger partial charge in [0.15, 0.2) is 5.96 Å². The van der Waals surface area contributed by atoms with Crippen LogP contribution in [0.1, 0.15) is 28.5 Å². The van der Waals surface area contributed by atoms with Crippen LogP contribution >= 0.6 is 24.0 Å². The molecule has 1 aromatic heterocycles. The number of hydrogen-bond acceptors (Lipinski definition) is 3. The lowest BCUT2D eigenvalue weighted by atomic mass is 10.1. The van der Waals surface area contributed by atoms with E-state index in [0.29, 0.717) is 12.4 Å². The first kappa shape index (κ1) is 18.5. The molecule has 120 valence electrons. The van der Waals surface area contributed by atoms with Gasteiger partial charge in [-0.15, -0.1) is 24.0 Å². The van der Waals surface area contributed by atoms with Gasteiger partial charge in [0.25, 0.3) is 0 Å². The van der Waals surface area contributed by atoms with E-state index in [1.54, 1.807) is 7.05 Å². The minimum absolute atomic E-state index is 0. The molecule has 0 aliphatic heterocycles. The summed E-state index contributed by atoms with van der Waals surface area (Å²) in [5.41, 5.74) is 3.40. The second-order valence-corrected chi connectivity index (χ2v) is 5.02. The minimum Gasteiger partial charge on any atom is -0.444 e. The molecule has 2 rings (SSSR count). The molecule has 0 saturated carbocycles. The highest BCUT2D eigenvalue weighted by molar-refractivity contribution is 14.0. The van der Waals surface area contributed by atoms with Crippen LogP contribution < -0.4 is 10.6 Å². The van der Waals surface area contributed by atoms with E-state index >= 15 is 0 Å². The molecule has 2 aromatic rings. The molecule has 0 radical (unpaired) electrons. The van der Waals surface area contributed by atoms with Gasteiger partial charge in [-0.3, -0.25) is 4.99 Å². The highest BCUT2D eigenvalue weighted by Crippen LogP contribution is 2.07. The summed E-state index contributed by atoms with van der Waals surface area (Å²) in [6.45, 7) is 7.18. The molecule has 0 amide bonds. The average Bonchev–Trinajstić information content (AvgIpc) is 2.78. The Labute approximate surface area is 148 Å². The number of aliphatic imine (C=N–C) groups is 1. The fourth-order valence-corrected chi connectivity index (χ4v) is 2.00. The van der Waals surface area contributed by atoms with E-state index in [1.165, 1.54) is 11.1 Å². The summed E-state index contributed by atoms with van der Waals surface area (Å²) < 4.78 is 5.53. The number of halogens is 1. The van der Waals surface area contributed by atoms with Crippen LogP contribution in [0, 0.1) is 20.8 Å². The van der Waals surface area contributed by atoms with Gasteiger partial charge in [0.1, 0.15) is 5.76 Å². The lowest BCUT2D eigenvalue weighted by Crippen LogP contribution is -2.36. The monoisotopic (exact) mass is 414 g/mol. The summed E-state index contributed by atoms with van der Waals surface area (Å²) in [6.07, 6.45) is 0. The van der Waals surface area contributed by atoms with Gasteiger partial charge in [0, 0.05) is 13.6 Å². The summed E-state index contributed by atoms with van der Waals surface area (Å²) in [7, 11) is 1.75. The van der Waals surface area contributed by atoms with E-state index in [2.05, 4.69) is 51.8 Å². The van der Waals surface area contributed by atoms with E-state index in [4.69, 9.17) is 4.42 Å². The summed E-state index contributed by atoms with van der Waals surface area (Å²) >= 11 is 0. The van der Waals surface area contributed by atoms with Crippen molar-refractivity contribution in [3.63, 3.8) is 0 Å². The van der Waals surface area contributed by atoms with Crippen molar-refractivity contribution in [3.05, 3.63) is 52.7 Å². The van der Waals surface area contributed by atoms with Gasteiger partial charge in [0.2, 0.25) is 5.89 Å². The second kappa shape index (κ2) is 8.77. The molecule has 0 fully saturated rings. The first-order valence-electron chi connectivity index (χ1n) is 7.01. The van der Waals surface area contributed by atoms with Crippen molar-refractivity contribution >= 4 is 29.9 Å². The largest absolute Gasteiger partial charge is 0.444 e. The average molecular weight is 414 g/mol. The van der Waals surface area contributed by atoms with E-state index in [1.807, 2.05) is 13.8 Å². The molecule has 0 spiro atoms. The fraction of sp³-hybridized carbons (Fsp3) is 0.375. The predicted molar refractivity (Wildman–Crippen MR) is 99.6 cm³/mol. The van der Waals surface area contributed by atoms with Crippen LogP contribution in [0.5, 0.6) is 0 Å². The SMILES string of the molecule is CN=C(NCc1cccc(C)c1)NCc1nc(C)c(C)o1.I. The molecule has 6 heteroatoms. The smallest absolute Gasteiger partial charge is 0.214 e. The lowest BCUT2D eigenvalue weighted by molar-refractivity contribution is 0.463. The third-order valence-corrected chi connectivity index (χ3v) is 3.25. The van der Waals surface area contributed by atoms with E-state index in [9.17, 15) is 0 Å². The lowest BCUT2D eigenvalue weighted by Gasteiger charge is -2.11. The summed E-state index contributed by atoms with van der Waals surface area (Å²) in [5, 5.41) is 6.47. The molecule has 1 heterocycles. The Morgan fingerprint density at radius 1 is 1.18 bits per heavy atom. The highest BCUT2D eigenvalue weighted by atomic mass is 127. The number of nitrogens with one attached hydrogen (secondary N) is 2. The van der Waals surface area contributed by atoms with Gasteiger partial charge >= 0.3 is 0 Å². The maximum atomic E-state index is 5.53. The van der Waals surface area contributed by atoms with Crippen molar-refractivity contribution in [2.45, 2.75) is 33.9 Å². The van der Waals surface area contributed by atoms with Crippen LogP contribution in [0.25, 0.3) is 0 Å². The first-order valence-corrected chi connectivity index (χ1v) is 7.01. The number of benzene rings is 1. The van der Waals surface area contributed by atoms with Crippen molar-refractivity contribution < 1.29 is 4.42 Å². The topological polar surface area (TPSA) is 62.5 Å². The van der Waals surface area contributed by atoms with Gasteiger partial charge < -0.3 is 15.1 Å². The number of hydrogen-bond donors (Lipinski definition) is 2. The van der Waals surface area contributed by atoms with Crippen molar-refractivity contribution in [2.75, 3.05) is 7.05 Å². The Morgan fingerprint density at radius 3 is 2.50 bits per heavy atom. The van der Waals surface area contributed by atoms with Gasteiger partial charge in [0.05, 0.1) is 12.2 Å². The number of guanidine groups is 1. The highest BCUT2D eigenvalue weighted by Gasteiger charge is 2.06. The fourth-order valence-electron chi connectivity index (χ4n) is 2.00. The number of aryl methyl sites for hydroxylation is 3. The molecule has 1 aromatic carbocycles. The molecule has 0 atom stereocenters. The molecular weight excluding hydrogens is 391 g/mol. The number of aromatic nitrogens is 1. The molecule has 5 nitrogen and oxygen atoms in total. The number of oxazole rings is 1. The van der Waals surface area contributed by atoms with Crippen LogP contribution in [-0.2, 0) is 13.1 Å². The van der Waals surface area contributed by atoms with Gasteiger partial charge in [-0.25, -0.2) is 4.98 Å². The van der Waals surface area contributed by atoms with Crippen LogP contribution in [0.4, 0.5) is 0 Å². The third-order valence-electron chi connectivity index (χ3n) is 3.25. The Hall–Kier alpha value is -1.57. The Balaban J connectivity index is 0.00000242. The van der Waals surface area contributed by atoms with E-state index in [0.717, 1.165) is 24.0 Å². The normalized spacial score (nSPS) is 11.0. The van der Waals surface area contributed by atoms with E-state index in [-0.39, 0.29) is 24.0 Å². The van der Waals surface area contributed by atoms with Crippen LogP contribution in [-0.4, -0.2) is 18.0 Å². The quantitative estimate of drug-likeness (QED) is 0.459. The maximum Gasteiger partial charge on any atom is 0.214 e. The second-order valence-electron chi connectivity index (χ2n) is 5.02. The zero-order valence-electron chi connectivity index (χ0n) is 13.4. The van der Waals surface area contributed by atoms with Crippen molar-refractivity contribution in [2.24, 2.45) is 4.99 Å². The summed E-state index contributed by atoms with van der Waals surface area (Å²) in [5.74, 6) is 2.25. The van der Waals surface area contributed by atoms with Gasteiger partial charge in [-0.05, 0) is 26.3 Å². The van der Waals surface area contributed by atoms with Crippen molar-refractivity contribution in [1.82, 2.24) is 15.6 Å². The minimum atomic E-state index is 0. The van der Waals surface area contributed by atoms with Crippen LogP contribution in [0.15, 0.2) is 33.7 Å². The molecule has 2 N–H and O–H groups in total. The standard InChI is InChI=1S/C16H22N4O.HI/c1-11-6-5-7-14(8-11)9-18-16(17-4)19-10-15-20-12(2)13(3)21-15;/h5-8H,9-10H2,1-4H3,(H2,17,18,19);1H. The van der Waals surface area contributed by atoms with Crippen LogP contribution in [0.2, 0.25) is 0 Å². The Bertz CT molecular complexity index is 617. The molecule has 0 aliphatic carbocycles. The number of rotatable bonds is 4. The van der Waals surface area contributed by atoms with Gasteiger partial charge in [-0.1, -0.05) is 29.8 Å². The predicted octanol–water partition coefficient (Wildman–Crippen LogP) is 3.08. The summed E-state index contributed by atoms with van der Waals surface area (Å²) in [4.78, 5) is 8.53. The zero-order chi connectivity index (χ0) is 15.2. The Morgan fingerprint density at radius 2 is 1.91 bits per heavy atom. The Kier molecular flexibility index (Phi) is 7.37. The van der Waals surface area contributed by atoms with Gasteiger partial charge in [-0.2, -0.15) is 0 Å². The maximum absolute atomic E-state index is 5.53. The molecule has 0 bridgehead atoms.